The zero-order chi connectivity index (χ0) is 18.2. The van der Waals surface area contributed by atoms with Crippen LogP contribution >= 0.6 is 0 Å². The molecule has 0 bridgehead atoms. The molecule has 6 nitrogen and oxygen atoms in total. The minimum atomic E-state index is -0.616. The Morgan fingerprint density at radius 2 is 1.80 bits per heavy atom. The van der Waals surface area contributed by atoms with Crippen molar-refractivity contribution in [3.63, 3.8) is 0 Å². The summed E-state index contributed by atoms with van der Waals surface area (Å²) in [6.07, 6.45) is 1.92. The quantitative estimate of drug-likeness (QED) is 0.463. The molecule has 0 aromatic heterocycles. The number of unbranched alkanes of at least 4 members (excludes halogenated alkanes) is 1. The number of esters is 1. The first-order valence-corrected chi connectivity index (χ1v) is 8.72. The van der Waals surface area contributed by atoms with Crippen LogP contribution in [-0.4, -0.2) is 37.7 Å². The van der Waals surface area contributed by atoms with Gasteiger partial charge in [-0.05, 0) is 40.2 Å². The van der Waals surface area contributed by atoms with Crippen molar-refractivity contribution in [2.45, 2.75) is 58.7 Å². The summed E-state index contributed by atoms with van der Waals surface area (Å²) in [4.78, 5) is 12.3. The van der Waals surface area contributed by atoms with Crippen LogP contribution < -0.4 is 14.9 Å². The second-order valence-electron chi connectivity index (χ2n) is 7.34. The van der Waals surface area contributed by atoms with Crippen LogP contribution in [0.1, 0.15) is 57.8 Å². The average Bonchev–Trinajstić information content (AvgIpc) is 2.75. The van der Waals surface area contributed by atoms with E-state index in [-0.39, 0.29) is 6.79 Å². The van der Waals surface area contributed by atoms with E-state index in [4.69, 9.17) is 23.5 Å². The average molecular weight is 348 g/mol. The van der Waals surface area contributed by atoms with Gasteiger partial charge in [-0.2, -0.15) is 0 Å². The van der Waals surface area contributed by atoms with E-state index in [1.165, 1.54) is 0 Å². The van der Waals surface area contributed by atoms with Gasteiger partial charge in [-0.3, -0.25) is 0 Å². The topological polar surface area (TPSA) is 63.2 Å². The molecule has 136 valence electrons. The molecule has 0 atom stereocenters. The maximum Gasteiger partial charge on any atom is 0.498 e. The molecular weight excluding hydrogens is 323 g/mol. The summed E-state index contributed by atoms with van der Waals surface area (Å²) < 4.78 is 28.6. The molecular formula is C18H25BO6. The number of hydrogen-bond donors (Lipinski definition) is 0. The maximum absolute atomic E-state index is 12.3. The third-order valence-electron chi connectivity index (χ3n) is 5.01. The summed E-state index contributed by atoms with van der Waals surface area (Å²) in [6.45, 7) is 10.4. The van der Waals surface area contributed by atoms with Crippen LogP contribution in [0.5, 0.6) is 11.5 Å². The van der Waals surface area contributed by atoms with Gasteiger partial charge >= 0.3 is 13.1 Å². The normalized spacial score (nSPS) is 20.7. The highest BCUT2D eigenvalue weighted by molar-refractivity contribution is 6.63. The number of fused-ring (bicyclic) bond motifs is 1. The lowest BCUT2D eigenvalue weighted by Gasteiger charge is -2.32. The summed E-state index contributed by atoms with van der Waals surface area (Å²) in [7, 11) is -0.616. The Balaban J connectivity index is 1.97. The fourth-order valence-corrected chi connectivity index (χ4v) is 2.75. The van der Waals surface area contributed by atoms with E-state index in [0.29, 0.717) is 29.1 Å². The van der Waals surface area contributed by atoms with Crippen molar-refractivity contribution < 1.29 is 28.3 Å². The lowest BCUT2D eigenvalue weighted by Crippen LogP contribution is -2.41. The van der Waals surface area contributed by atoms with E-state index in [0.717, 1.165) is 12.8 Å². The predicted molar refractivity (Wildman–Crippen MR) is 93.5 cm³/mol. The molecule has 0 saturated carbocycles. The Morgan fingerprint density at radius 3 is 2.44 bits per heavy atom. The molecule has 0 spiro atoms. The summed E-state index contributed by atoms with van der Waals surface area (Å²) in [5.41, 5.74) is 0.0224. The number of hydrogen-bond acceptors (Lipinski definition) is 6. The highest BCUT2D eigenvalue weighted by Crippen LogP contribution is 2.39. The third-order valence-corrected chi connectivity index (χ3v) is 5.01. The van der Waals surface area contributed by atoms with Gasteiger partial charge in [-0.1, -0.05) is 19.4 Å². The van der Waals surface area contributed by atoms with Crippen LogP contribution in [0.3, 0.4) is 0 Å². The number of carbonyl (C=O) groups excluding carboxylic acids is 1. The second kappa shape index (κ2) is 6.54. The van der Waals surface area contributed by atoms with Gasteiger partial charge in [0, 0.05) is 5.46 Å². The van der Waals surface area contributed by atoms with Crippen molar-refractivity contribution in [2.24, 2.45) is 0 Å². The minimum absolute atomic E-state index is 0.128. The summed E-state index contributed by atoms with van der Waals surface area (Å²) in [5, 5.41) is 0. The SMILES string of the molecule is CCCCOc1ccc(B2OC(C)(C)C(C)(C)O2)c2c1C(=O)OCO2. The second-order valence-corrected chi connectivity index (χ2v) is 7.34. The predicted octanol–water partition coefficient (Wildman–Crippen LogP) is 2.67. The molecule has 0 amide bonds. The Hall–Kier alpha value is -1.73. The summed E-state index contributed by atoms with van der Waals surface area (Å²) in [6, 6.07) is 3.59. The van der Waals surface area contributed by atoms with E-state index in [1.807, 2.05) is 33.8 Å². The molecule has 0 N–H and O–H groups in total. The molecule has 2 aliphatic rings. The fourth-order valence-electron chi connectivity index (χ4n) is 2.75. The number of carbonyl (C=O) groups is 1. The standard InChI is InChI=1S/C18H25BO6/c1-6-7-10-21-13-9-8-12(15-14(13)16(20)23-11-22-15)19-24-17(2,3)18(4,5)25-19/h8-9H,6-7,10-11H2,1-5H3. The number of benzene rings is 1. The number of ether oxygens (including phenoxy) is 3. The molecule has 1 saturated heterocycles. The Bertz CT molecular complexity index is 654. The van der Waals surface area contributed by atoms with Gasteiger partial charge < -0.3 is 23.5 Å². The Labute approximate surface area is 148 Å². The molecule has 1 aromatic rings. The van der Waals surface area contributed by atoms with Crippen LogP contribution in [-0.2, 0) is 14.0 Å². The molecule has 1 fully saturated rings. The molecule has 7 heteroatoms. The molecule has 0 aliphatic carbocycles. The van der Waals surface area contributed by atoms with Crippen molar-refractivity contribution in [3.8, 4) is 11.5 Å². The van der Waals surface area contributed by atoms with Crippen LogP contribution in [0.4, 0.5) is 0 Å². The van der Waals surface area contributed by atoms with Crippen LogP contribution in [0.25, 0.3) is 0 Å². The van der Waals surface area contributed by atoms with E-state index < -0.39 is 24.3 Å². The molecule has 0 radical (unpaired) electrons. The van der Waals surface area contributed by atoms with Gasteiger partial charge in [0.15, 0.2) is 0 Å². The Kier molecular flexibility index (Phi) is 4.73. The highest BCUT2D eigenvalue weighted by Gasteiger charge is 2.53. The fraction of sp³-hybridized carbons (Fsp3) is 0.611. The van der Waals surface area contributed by atoms with Crippen LogP contribution in [0, 0.1) is 0 Å². The molecule has 1 aromatic carbocycles. The number of cyclic esters (lactones) is 1. The minimum Gasteiger partial charge on any atom is -0.493 e. The smallest absolute Gasteiger partial charge is 0.493 e. The van der Waals surface area contributed by atoms with Gasteiger partial charge in [0.25, 0.3) is 0 Å². The molecule has 3 rings (SSSR count). The lowest BCUT2D eigenvalue weighted by molar-refractivity contribution is 0.00456. The maximum atomic E-state index is 12.3. The van der Waals surface area contributed by atoms with Crippen molar-refractivity contribution >= 4 is 18.6 Å². The third kappa shape index (κ3) is 3.23. The van der Waals surface area contributed by atoms with Gasteiger partial charge in [-0.25, -0.2) is 4.79 Å². The zero-order valence-electron chi connectivity index (χ0n) is 15.5. The zero-order valence-corrected chi connectivity index (χ0v) is 15.5. The van der Waals surface area contributed by atoms with E-state index in [1.54, 1.807) is 6.07 Å². The van der Waals surface area contributed by atoms with Crippen LogP contribution in [0.15, 0.2) is 12.1 Å². The van der Waals surface area contributed by atoms with E-state index >= 15 is 0 Å². The molecule has 2 heterocycles. The van der Waals surface area contributed by atoms with Crippen molar-refractivity contribution in [3.05, 3.63) is 17.7 Å². The van der Waals surface area contributed by atoms with E-state index in [9.17, 15) is 4.79 Å². The summed E-state index contributed by atoms with van der Waals surface area (Å²) in [5.74, 6) is 0.434. The van der Waals surface area contributed by atoms with E-state index in [2.05, 4.69) is 6.92 Å². The summed E-state index contributed by atoms with van der Waals surface area (Å²) >= 11 is 0. The van der Waals surface area contributed by atoms with Crippen LogP contribution in [0.2, 0.25) is 0 Å². The first kappa shape index (κ1) is 18.1. The van der Waals surface area contributed by atoms with Crippen molar-refractivity contribution in [2.75, 3.05) is 13.4 Å². The van der Waals surface area contributed by atoms with Gasteiger partial charge in [-0.15, -0.1) is 0 Å². The molecule has 0 unspecified atom stereocenters. The van der Waals surface area contributed by atoms with Gasteiger partial charge in [0.1, 0.15) is 17.1 Å². The first-order valence-electron chi connectivity index (χ1n) is 8.72. The lowest BCUT2D eigenvalue weighted by atomic mass is 9.77. The molecule has 2 aliphatic heterocycles. The van der Waals surface area contributed by atoms with Crippen molar-refractivity contribution in [1.29, 1.82) is 0 Å². The largest absolute Gasteiger partial charge is 0.498 e. The first-order chi connectivity index (χ1) is 11.8. The highest BCUT2D eigenvalue weighted by atomic mass is 16.7. The van der Waals surface area contributed by atoms with Gasteiger partial charge in [0.2, 0.25) is 6.79 Å². The number of rotatable bonds is 5. The Morgan fingerprint density at radius 1 is 1.12 bits per heavy atom. The monoisotopic (exact) mass is 348 g/mol. The molecule has 25 heavy (non-hydrogen) atoms. The van der Waals surface area contributed by atoms with Crippen molar-refractivity contribution in [1.82, 2.24) is 0 Å². The van der Waals surface area contributed by atoms with Gasteiger partial charge in [0.05, 0.1) is 17.8 Å².